The maximum absolute atomic E-state index is 10.9. The molecule has 2 heterocycles. The Hall–Kier alpha value is -2.01. The number of carbonyl (C=O) groups is 1. The number of carboxylic acid groups (broad SMARTS) is 1. The minimum absolute atomic E-state index is 0.218. The van der Waals surface area contributed by atoms with E-state index >= 15 is 0 Å². The topological polar surface area (TPSA) is 65.5 Å². The van der Waals surface area contributed by atoms with Crippen LogP contribution < -0.4 is 5.32 Å². The number of pyridine rings is 1. The number of nitrogens with zero attached hydrogens (tertiary/aromatic N) is 2. The summed E-state index contributed by atoms with van der Waals surface area (Å²) in [5, 5.41) is 14.9. The van der Waals surface area contributed by atoms with Crippen LogP contribution in [0.15, 0.2) is 30.3 Å². The highest BCUT2D eigenvalue weighted by Crippen LogP contribution is 2.26. The molecule has 1 saturated heterocycles. The number of fused-ring (bicyclic) bond motifs is 1. The van der Waals surface area contributed by atoms with E-state index in [9.17, 15) is 4.79 Å². The van der Waals surface area contributed by atoms with Crippen molar-refractivity contribution in [2.45, 2.75) is 18.9 Å². The summed E-state index contributed by atoms with van der Waals surface area (Å²) in [6.45, 7) is 1.09. The SMILES string of the molecule is O=C(O)N1CCC(Nc2nc(Cl)cc3ccccc23)CC1. The number of benzene rings is 1. The smallest absolute Gasteiger partial charge is 0.407 e. The number of nitrogens with one attached hydrogen (secondary N) is 1. The third-order valence-electron chi connectivity index (χ3n) is 3.82. The molecule has 2 aromatic rings. The summed E-state index contributed by atoms with van der Waals surface area (Å²) >= 11 is 6.07. The molecular formula is C15H16ClN3O2. The lowest BCUT2D eigenvalue weighted by Gasteiger charge is -2.31. The van der Waals surface area contributed by atoms with Crippen LogP contribution in [0.4, 0.5) is 10.6 Å². The van der Waals surface area contributed by atoms with Crippen LogP contribution in [0.5, 0.6) is 0 Å². The van der Waals surface area contributed by atoms with Gasteiger partial charge < -0.3 is 15.3 Å². The van der Waals surface area contributed by atoms with Crippen molar-refractivity contribution in [3.63, 3.8) is 0 Å². The molecule has 1 aliphatic heterocycles. The van der Waals surface area contributed by atoms with E-state index in [1.165, 1.54) is 4.90 Å². The molecule has 1 aliphatic rings. The molecule has 3 rings (SSSR count). The predicted molar refractivity (Wildman–Crippen MR) is 83.0 cm³/mol. The van der Waals surface area contributed by atoms with Crippen LogP contribution >= 0.6 is 11.6 Å². The van der Waals surface area contributed by atoms with Gasteiger partial charge in [-0.15, -0.1) is 0 Å². The monoisotopic (exact) mass is 305 g/mol. The van der Waals surface area contributed by atoms with Gasteiger partial charge >= 0.3 is 6.09 Å². The summed E-state index contributed by atoms with van der Waals surface area (Å²) in [7, 11) is 0. The lowest BCUT2D eigenvalue weighted by molar-refractivity contribution is 0.134. The first-order valence-electron chi connectivity index (χ1n) is 6.93. The van der Waals surface area contributed by atoms with Crippen molar-refractivity contribution in [1.82, 2.24) is 9.88 Å². The van der Waals surface area contributed by atoms with Gasteiger partial charge in [0.1, 0.15) is 11.0 Å². The van der Waals surface area contributed by atoms with Crippen molar-refractivity contribution in [2.75, 3.05) is 18.4 Å². The van der Waals surface area contributed by atoms with Crippen LogP contribution in [0.2, 0.25) is 5.15 Å². The molecule has 0 bridgehead atoms. The first-order valence-corrected chi connectivity index (χ1v) is 7.31. The van der Waals surface area contributed by atoms with Gasteiger partial charge in [-0.2, -0.15) is 0 Å². The van der Waals surface area contributed by atoms with Crippen molar-refractivity contribution < 1.29 is 9.90 Å². The van der Waals surface area contributed by atoms with Gasteiger partial charge in [-0.05, 0) is 24.3 Å². The van der Waals surface area contributed by atoms with Gasteiger partial charge in [0.25, 0.3) is 0 Å². The molecule has 0 saturated carbocycles. The maximum atomic E-state index is 10.9. The molecule has 1 aromatic carbocycles. The first kappa shape index (κ1) is 13.9. The Bertz CT molecular complexity index is 669. The summed E-state index contributed by atoms with van der Waals surface area (Å²) in [5.41, 5.74) is 0. The van der Waals surface area contributed by atoms with Crippen LogP contribution in [0, 0.1) is 0 Å². The van der Waals surface area contributed by atoms with E-state index in [0.717, 1.165) is 29.4 Å². The number of halogens is 1. The van der Waals surface area contributed by atoms with Gasteiger partial charge in [-0.25, -0.2) is 9.78 Å². The lowest BCUT2D eigenvalue weighted by atomic mass is 10.0. The number of hydrogen-bond donors (Lipinski definition) is 2. The van der Waals surface area contributed by atoms with E-state index in [2.05, 4.69) is 10.3 Å². The normalized spacial score (nSPS) is 16.1. The Morgan fingerprint density at radius 2 is 2.05 bits per heavy atom. The molecule has 0 aliphatic carbocycles. The molecule has 5 nitrogen and oxygen atoms in total. The van der Waals surface area contributed by atoms with Crippen molar-refractivity contribution in [2.24, 2.45) is 0 Å². The second kappa shape index (κ2) is 5.77. The molecular weight excluding hydrogens is 290 g/mol. The summed E-state index contributed by atoms with van der Waals surface area (Å²) in [6, 6.07) is 10.0. The number of aromatic nitrogens is 1. The second-order valence-corrected chi connectivity index (χ2v) is 5.59. The van der Waals surface area contributed by atoms with Gasteiger partial charge in [0.05, 0.1) is 0 Å². The largest absolute Gasteiger partial charge is 0.465 e. The van der Waals surface area contributed by atoms with Crippen LogP contribution in [-0.4, -0.2) is 40.2 Å². The van der Waals surface area contributed by atoms with Crippen LogP contribution in [0.1, 0.15) is 12.8 Å². The van der Waals surface area contributed by atoms with Gasteiger partial charge in [0, 0.05) is 24.5 Å². The Balaban J connectivity index is 1.78. The highest BCUT2D eigenvalue weighted by Gasteiger charge is 2.22. The van der Waals surface area contributed by atoms with E-state index in [-0.39, 0.29) is 6.04 Å². The van der Waals surface area contributed by atoms with E-state index in [1.807, 2.05) is 30.3 Å². The molecule has 110 valence electrons. The minimum atomic E-state index is -0.847. The Morgan fingerprint density at radius 3 is 2.76 bits per heavy atom. The molecule has 1 amide bonds. The summed E-state index contributed by atoms with van der Waals surface area (Å²) < 4.78 is 0. The molecule has 0 unspecified atom stereocenters. The highest BCUT2D eigenvalue weighted by molar-refractivity contribution is 6.30. The van der Waals surface area contributed by atoms with Gasteiger partial charge in [-0.3, -0.25) is 0 Å². The van der Waals surface area contributed by atoms with Crippen LogP contribution in [0.3, 0.4) is 0 Å². The van der Waals surface area contributed by atoms with Gasteiger partial charge in [0.2, 0.25) is 0 Å². The fourth-order valence-electron chi connectivity index (χ4n) is 2.68. The van der Waals surface area contributed by atoms with E-state index < -0.39 is 6.09 Å². The van der Waals surface area contributed by atoms with E-state index in [0.29, 0.717) is 18.2 Å². The van der Waals surface area contributed by atoms with Crippen molar-refractivity contribution in [3.05, 3.63) is 35.5 Å². The van der Waals surface area contributed by atoms with Crippen molar-refractivity contribution >= 4 is 34.3 Å². The number of anilines is 1. The highest BCUT2D eigenvalue weighted by atomic mass is 35.5. The molecule has 0 atom stereocenters. The average molecular weight is 306 g/mol. The zero-order valence-corrected chi connectivity index (χ0v) is 12.2. The Kier molecular flexibility index (Phi) is 3.84. The molecule has 6 heteroatoms. The van der Waals surface area contributed by atoms with Gasteiger partial charge in [0.15, 0.2) is 0 Å². The van der Waals surface area contributed by atoms with Crippen molar-refractivity contribution in [3.8, 4) is 0 Å². The number of likely N-dealkylation sites (tertiary alicyclic amines) is 1. The lowest BCUT2D eigenvalue weighted by Crippen LogP contribution is -2.41. The molecule has 2 N–H and O–H groups in total. The fourth-order valence-corrected chi connectivity index (χ4v) is 2.89. The standard InChI is InChI=1S/C15H16ClN3O2/c16-13-9-10-3-1-2-4-12(10)14(18-13)17-11-5-7-19(8-6-11)15(20)21/h1-4,9,11H,5-8H2,(H,17,18)(H,20,21). The number of piperidine rings is 1. The zero-order chi connectivity index (χ0) is 14.8. The number of hydrogen-bond acceptors (Lipinski definition) is 3. The summed E-state index contributed by atoms with van der Waals surface area (Å²) in [5.74, 6) is 0.770. The molecule has 1 fully saturated rings. The Labute approximate surface area is 127 Å². The second-order valence-electron chi connectivity index (χ2n) is 5.20. The molecule has 0 radical (unpaired) electrons. The summed E-state index contributed by atoms with van der Waals surface area (Å²) in [4.78, 5) is 16.7. The third-order valence-corrected chi connectivity index (χ3v) is 4.01. The number of amides is 1. The van der Waals surface area contributed by atoms with Crippen LogP contribution in [-0.2, 0) is 0 Å². The van der Waals surface area contributed by atoms with E-state index in [1.54, 1.807) is 0 Å². The fraction of sp³-hybridized carbons (Fsp3) is 0.333. The first-order chi connectivity index (χ1) is 10.1. The molecule has 1 aromatic heterocycles. The zero-order valence-electron chi connectivity index (χ0n) is 11.4. The predicted octanol–water partition coefficient (Wildman–Crippen LogP) is 3.44. The molecule has 0 spiro atoms. The van der Waals surface area contributed by atoms with Crippen molar-refractivity contribution in [1.29, 1.82) is 0 Å². The van der Waals surface area contributed by atoms with E-state index in [4.69, 9.17) is 16.7 Å². The van der Waals surface area contributed by atoms with Crippen LogP contribution in [0.25, 0.3) is 10.8 Å². The number of rotatable bonds is 2. The quantitative estimate of drug-likeness (QED) is 0.834. The average Bonchev–Trinajstić information content (AvgIpc) is 2.47. The summed E-state index contributed by atoms with van der Waals surface area (Å²) in [6.07, 6.45) is 0.698. The minimum Gasteiger partial charge on any atom is -0.465 e. The third kappa shape index (κ3) is 3.03. The van der Waals surface area contributed by atoms with Gasteiger partial charge in [-0.1, -0.05) is 35.9 Å². The molecule has 21 heavy (non-hydrogen) atoms. The Morgan fingerprint density at radius 1 is 1.33 bits per heavy atom. The maximum Gasteiger partial charge on any atom is 0.407 e.